The summed E-state index contributed by atoms with van der Waals surface area (Å²) in [5.41, 5.74) is 0.861. The number of halogens is 6. The summed E-state index contributed by atoms with van der Waals surface area (Å²) < 4.78 is 79.8. The zero-order valence-electron chi connectivity index (χ0n) is 14.5. The molecule has 0 aliphatic carbocycles. The lowest BCUT2D eigenvalue weighted by atomic mass is 10.0. The van der Waals surface area contributed by atoms with Crippen LogP contribution in [0.2, 0.25) is 0 Å². The van der Waals surface area contributed by atoms with Gasteiger partial charge in [-0.25, -0.2) is 0 Å². The van der Waals surface area contributed by atoms with Crippen molar-refractivity contribution in [3.8, 4) is 5.75 Å². The van der Waals surface area contributed by atoms with Gasteiger partial charge in [0.15, 0.2) is 0 Å². The van der Waals surface area contributed by atoms with Gasteiger partial charge in [0.2, 0.25) is 5.91 Å². The van der Waals surface area contributed by atoms with E-state index in [1.165, 1.54) is 24.3 Å². The smallest absolute Gasteiger partial charge is 0.406 e. The molecule has 0 aromatic heterocycles. The maximum absolute atomic E-state index is 13.3. The van der Waals surface area contributed by atoms with Crippen LogP contribution in [0.4, 0.5) is 32.0 Å². The Balaban J connectivity index is 1.96. The molecule has 4 nitrogen and oxygen atoms in total. The highest BCUT2D eigenvalue weighted by molar-refractivity contribution is 5.92. The summed E-state index contributed by atoms with van der Waals surface area (Å²) in [6.45, 7) is 1.08. The second kappa shape index (κ2) is 8.51. The number of carbonyl (C=O) groups is 1. The van der Waals surface area contributed by atoms with Crippen LogP contribution in [-0.2, 0) is 4.79 Å². The van der Waals surface area contributed by atoms with Gasteiger partial charge in [0.05, 0.1) is 6.54 Å². The van der Waals surface area contributed by atoms with Gasteiger partial charge in [0, 0.05) is 5.69 Å². The van der Waals surface area contributed by atoms with Crippen LogP contribution in [0.15, 0.2) is 48.5 Å². The quantitative estimate of drug-likeness (QED) is 0.683. The van der Waals surface area contributed by atoms with Crippen molar-refractivity contribution in [3.05, 3.63) is 59.7 Å². The van der Waals surface area contributed by atoms with Crippen molar-refractivity contribution < 1.29 is 35.9 Å². The summed E-state index contributed by atoms with van der Waals surface area (Å²) in [7, 11) is 0. The molecule has 0 heterocycles. The molecule has 2 N–H and O–H groups in total. The van der Waals surface area contributed by atoms with Crippen molar-refractivity contribution in [2.45, 2.75) is 25.5 Å². The Morgan fingerprint density at radius 3 is 2.04 bits per heavy atom. The van der Waals surface area contributed by atoms with Gasteiger partial charge in [-0.3, -0.25) is 10.1 Å². The van der Waals surface area contributed by atoms with E-state index in [0.29, 0.717) is 0 Å². The van der Waals surface area contributed by atoms with Crippen LogP contribution in [0.25, 0.3) is 0 Å². The minimum absolute atomic E-state index is 0.0421. The van der Waals surface area contributed by atoms with Gasteiger partial charge in [0.25, 0.3) is 0 Å². The fourth-order valence-electron chi connectivity index (χ4n) is 2.32. The maximum atomic E-state index is 13.3. The van der Waals surface area contributed by atoms with Gasteiger partial charge in [-0.05, 0) is 36.8 Å². The molecule has 0 saturated heterocycles. The van der Waals surface area contributed by atoms with E-state index < -0.39 is 36.8 Å². The second-order valence-electron chi connectivity index (χ2n) is 5.89. The Morgan fingerprint density at radius 2 is 1.54 bits per heavy atom. The average molecular weight is 406 g/mol. The summed E-state index contributed by atoms with van der Waals surface area (Å²) >= 11 is 0. The predicted molar refractivity (Wildman–Crippen MR) is 89.7 cm³/mol. The third-order valence-electron chi connectivity index (χ3n) is 3.58. The molecule has 2 aromatic carbocycles. The van der Waals surface area contributed by atoms with E-state index in [2.05, 4.69) is 15.4 Å². The summed E-state index contributed by atoms with van der Waals surface area (Å²) in [4.78, 5) is 11.9. The van der Waals surface area contributed by atoms with Gasteiger partial charge in [0.1, 0.15) is 11.8 Å². The largest absolute Gasteiger partial charge is 0.573 e. The molecule has 0 unspecified atom stereocenters. The molecule has 1 atom stereocenters. The Bertz CT molecular complexity index is 786. The van der Waals surface area contributed by atoms with E-state index in [1.807, 2.05) is 0 Å². The van der Waals surface area contributed by atoms with Crippen molar-refractivity contribution in [2.75, 3.05) is 11.9 Å². The Kier molecular flexibility index (Phi) is 6.55. The average Bonchev–Trinajstić information content (AvgIpc) is 2.56. The summed E-state index contributed by atoms with van der Waals surface area (Å²) in [6, 6.07) is 7.88. The number of carbonyl (C=O) groups excluding carboxylic acids is 1. The van der Waals surface area contributed by atoms with E-state index in [-0.39, 0.29) is 11.3 Å². The molecule has 0 bridgehead atoms. The molecule has 1 amide bonds. The number of amides is 1. The van der Waals surface area contributed by atoms with Crippen LogP contribution in [0.1, 0.15) is 17.2 Å². The van der Waals surface area contributed by atoms with Gasteiger partial charge in [-0.2, -0.15) is 13.2 Å². The highest BCUT2D eigenvalue weighted by Gasteiger charge is 2.40. The highest BCUT2D eigenvalue weighted by atomic mass is 19.4. The first kappa shape index (κ1) is 21.5. The summed E-state index contributed by atoms with van der Waals surface area (Å²) in [5, 5.41) is 4.44. The van der Waals surface area contributed by atoms with Crippen LogP contribution in [0.5, 0.6) is 5.75 Å². The number of anilines is 1. The van der Waals surface area contributed by atoms with Crippen molar-refractivity contribution >= 4 is 11.6 Å². The minimum Gasteiger partial charge on any atom is -0.406 e. The molecular weight excluding hydrogens is 390 g/mol. The standard InChI is InChI=1S/C18H16F6N2O2/c1-11-2-4-12(5-3-11)16(17(19,20)21)25-10-15(27)26-13-6-8-14(9-7-13)28-18(22,23)24/h2-9,16,25H,10H2,1H3,(H,26,27)/t16-/m0/s1. The molecule has 10 heteroatoms. The van der Waals surface area contributed by atoms with Crippen molar-refractivity contribution in [3.63, 3.8) is 0 Å². The van der Waals surface area contributed by atoms with E-state index >= 15 is 0 Å². The van der Waals surface area contributed by atoms with Gasteiger partial charge >= 0.3 is 12.5 Å². The topological polar surface area (TPSA) is 50.4 Å². The molecule has 152 valence electrons. The predicted octanol–water partition coefficient (Wildman–Crippen LogP) is 4.73. The van der Waals surface area contributed by atoms with E-state index in [1.54, 1.807) is 6.92 Å². The van der Waals surface area contributed by atoms with Crippen molar-refractivity contribution in [2.24, 2.45) is 0 Å². The van der Waals surface area contributed by atoms with Crippen molar-refractivity contribution in [1.29, 1.82) is 0 Å². The minimum atomic E-state index is -4.85. The molecule has 0 saturated carbocycles. The van der Waals surface area contributed by atoms with Crippen LogP contribution in [-0.4, -0.2) is 25.0 Å². The fraction of sp³-hybridized carbons (Fsp3) is 0.278. The Labute approximate surface area is 156 Å². The molecule has 0 aliphatic rings. The van der Waals surface area contributed by atoms with E-state index in [4.69, 9.17) is 0 Å². The third-order valence-corrected chi connectivity index (χ3v) is 3.58. The van der Waals surface area contributed by atoms with Gasteiger partial charge in [-0.15, -0.1) is 13.2 Å². The third kappa shape index (κ3) is 6.76. The first-order valence-corrected chi connectivity index (χ1v) is 7.96. The molecule has 2 rings (SSSR count). The highest BCUT2D eigenvalue weighted by Crippen LogP contribution is 2.32. The Hall–Kier alpha value is -2.75. The number of nitrogens with one attached hydrogen (secondary N) is 2. The van der Waals surface area contributed by atoms with Gasteiger partial charge < -0.3 is 10.1 Å². The maximum Gasteiger partial charge on any atom is 0.573 e. The molecule has 0 fully saturated rings. The number of hydrogen-bond donors (Lipinski definition) is 2. The molecule has 0 radical (unpaired) electrons. The van der Waals surface area contributed by atoms with E-state index in [9.17, 15) is 31.1 Å². The lowest BCUT2D eigenvalue weighted by Crippen LogP contribution is -2.38. The first-order valence-electron chi connectivity index (χ1n) is 7.96. The zero-order chi connectivity index (χ0) is 20.9. The number of aryl methyl sites for hydroxylation is 1. The lowest BCUT2D eigenvalue weighted by molar-refractivity contribution is -0.274. The SMILES string of the molecule is Cc1ccc([C@H](NCC(=O)Nc2ccc(OC(F)(F)F)cc2)C(F)(F)F)cc1. The molecule has 2 aromatic rings. The van der Waals surface area contributed by atoms with Crippen LogP contribution in [0.3, 0.4) is 0 Å². The number of benzene rings is 2. The van der Waals surface area contributed by atoms with Crippen LogP contribution >= 0.6 is 0 Å². The normalized spacial score (nSPS) is 13.1. The monoisotopic (exact) mass is 406 g/mol. The lowest BCUT2D eigenvalue weighted by Gasteiger charge is -2.22. The Morgan fingerprint density at radius 1 is 0.964 bits per heavy atom. The number of ether oxygens (including phenoxy) is 1. The summed E-state index contributed by atoms with van der Waals surface area (Å²) in [6.07, 6.45) is -9.47. The number of alkyl halides is 6. The first-order chi connectivity index (χ1) is 12.9. The molecule has 0 aliphatic heterocycles. The number of rotatable bonds is 6. The van der Waals surface area contributed by atoms with E-state index in [0.717, 1.165) is 29.8 Å². The molecule has 0 spiro atoms. The number of hydrogen-bond acceptors (Lipinski definition) is 3. The van der Waals surface area contributed by atoms with Crippen molar-refractivity contribution in [1.82, 2.24) is 5.32 Å². The molecule has 28 heavy (non-hydrogen) atoms. The van der Waals surface area contributed by atoms with Gasteiger partial charge in [-0.1, -0.05) is 29.8 Å². The van der Waals surface area contributed by atoms with Crippen LogP contribution in [0, 0.1) is 6.92 Å². The zero-order valence-corrected chi connectivity index (χ0v) is 14.5. The second-order valence-corrected chi connectivity index (χ2v) is 5.89. The molecular formula is C18H16F6N2O2. The summed E-state index contributed by atoms with van der Waals surface area (Å²) in [5.74, 6) is -1.27. The fourth-order valence-corrected chi connectivity index (χ4v) is 2.32. The van der Waals surface area contributed by atoms with Crippen LogP contribution < -0.4 is 15.4 Å².